The van der Waals surface area contributed by atoms with Crippen LogP contribution < -0.4 is 5.73 Å². The predicted molar refractivity (Wildman–Crippen MR) is 48.3 cm³/mol. The van der Waals surface area contributed by atoms with Gasteiger partial charge in [0.1, 0.15) is 5.75 Å². The van der Waals surface area contributed by atoms with E-state index in [4.69, 9.17) is 10.8 Å². The highest BCUT2D eigenvalue weighted by Gasteiger charge is 2.12. The van der Waals surface area contributed by atoms with E-state index in [-0.39, 0.29) is 5.75 Å². The first-order valence-electron chi connectivity index (χ1n) is 4.05. The van der Waals surface area contributed by atoms with E-state index in [0.717, 1.165) is 5.56 Å². The highest BCUT2D eigenvalue weighted by Crippen LogP contribution is 2.17. The van der Waals surface area contributed by atoms with Gasteiger partial charge in [0.05, 0.1) is 6.04 Å². The number of rotatable bonds is 2. The van der Waals surface area contributed by atoms with E-state index < -0.39 is 6.04 Å². The highest BCUT2D eigenvalue weighted by atomic mass is 16.3. The maximum Gasteiger partial charge on any atom is 0.195 e. The number of aromatic nitrogens is 4. The molecule has 1 aromatic carbocycles. The Bertz CT molecular complexity index is 396. The molecule has 0 aliphatic heterocycles. The predicted octanol–water partition coefficient (Wildman–Crippen LogP) is -0.0466. The molecule has 0 amide bonds. The summed E-state index contributed by atoms with van der Waals surface area (Å²) >= 11 is 0. The van der Waals surface area contributed by atoms with Crippen molar-refractivity contribution in [2.24, 2.45) is 5.73 Å². The molecule has 6 heteroatoms. The van der Waals surface area contributed by atoms with Crippen LogP contribution in [0, 0.1) is 0 Å². The molecule has 1 aromatic heterocycles. The van der Waals surface area contributed by atoms with Crippen molar-refractivity contribution >= 4 is 0 Å². The Morgan fingerprint density at radius 2 is 2.00 bits per heavy atom. The normalized spacial score (nSPS) is 12.6. The number of hydrogen-bond donors (Lipinski definition) is 3. The van der Waals surface area contributed by atoms with Crippen LogP contribution in [0.2, 0.25) is 0 Å². The standard InChI is InChI=1S/C8H9N5O/c9-7(8-10-12-13-11-8)5-1-3-6(14)4-2-5/h1-4,7,14H,9H2,(H,10,11,12,13). The lowest BCUT2D eigenvalue weighted by molar-refractivity contribution is 0.475. The summed E-state index contributed by atoms with van der Waals surface area (Å²) in [6.45, 7) is 0. The Hall–Kier alpha value is -1.95. The van der Waals surface area contributed by atoms with Crippen molar-refractivity contribution in [1.82, 2.24) is 20.6 Å². The second-order valence-electron chi connectivity index (χ2n) is 2.84. The van der Waals surface area contributed by atoms with Crippen molar-refractivity contribution in [3.63, 3.8) is 0 Å². The highest BCUT2D eigenvalue weighted by molar-refractivity contribution is 5.30. The molecule has 6 nitrogen and oxygen atoms in total. The van der Waals surface area contributed by atoms with Gasteiger partial charge in [0.2, 0.25) is 0 Å². The number of aromatic amines is 1. The van der Waals surface area contributed by atoms with Crippen LogP contribution in [-0.4, -0.2) is 25.7 Å². The SMILES string of the molecule is NC(c1ccc(O)cc1)c1nn[nH]n1. The second kappa shape index (κ2) is 3.43. The summed E-state index contributed by atoms with van der Waals surface area (Å²) in [6.07, 6.45) is 0. The molecule has 0 saturated carbocycles. The minimum atomic E-state index is -0.422. The molecule has 2 aromatic rings. The van der Waals surface area contributed by atoms with Crippen LogP contribution >= 0.6 is 0 Å². The lowest BCUT2D eigenvalue weighted by atomic mass is 10.1. The average molecular weight is 191 g/mol. The second-order valence-corrected chi connectivity index (χ2v) is 2.84. The number of nitrogens with one attached hydrogen (secondary N) is 1. The van der Waals surface area contributed by atoms with Gasteiger partial charge in [0, 0.05) is 0 Å². The van der Waals surface area contributed by atoms with E-state index in [1.165, 1.54) is 0 Å². The first kappa shape index (κ1) is 8.64. The number of nitrogens with zero attached hydrogens (tertiary/aromatic N) is 3. The smallest absolute Gasteiger partial charge is 0.195 e. The van der Waals surface area contributed by atoms with Gasteiger partial charge in [-0.05, 0) is 17.7 Å². The van der Waals surface area contributed by atoms with Gasteiger partial charge in [0.15, 0.2) is 5.82 Å². The van der Waals surface area contributed by atoms with E-state index in [0.29, 0.717) is 5.82 Å². The summed E-state index contributed by atoms with van der Waals surface area (Å²) in [5.41, 5.74) is 6.67. The van der Waals surface area contributed by atoms with Crippen molar-refractivity contribution in [2.75, 3.05) is 0 Å². The van der Waals surface area contributed by atoms with Gasteiger partial charge in [-0.2, -0.15) is 5.21 Å². The third-order valence-corrected chi connectivity index (χ3v) is 1.89. The summed E-state index contributed by atoms with van der Waals surface area (Å²) in [5.74, 6) is 0.629. The van der Waals surface area contributed by atoms with E-state index >= 15 is 0 Å². The summed E-state index contributed by atoms with van der Waals surface area (Å²) in [7, 11) is 0. The van der Waals surface area contributed by atoms with Crippen molar-refractivity contribution in [2.45, 2.75) is 6.04 Å². The van der Waals surface area contributed by atoms with Crippen molar-refractivity contribution in [3.8, 4) is 5.75 Å². The van der Waals surface area contributed by atoms with Crippen molar-refractivity contribution in [3.05, 3.63) is 35.7 Å². The van der Waals surface area contributed by atoms with Crippen LogP contribution in [0.15, 0.2) is 24.3 Å². The van der Waals surface area contributed by atoms with Crippen LogP contribution in [-0.2, 0) is 0 Å². The van der Waals surface area contributed by atoms with Gasteiger partial charge in [-0.3, -0.25) is 0 Å². The molecule has 0 saturated heterocycles. The molecule has 0 aliphatic carbocycles. The van der Waals surface area contributed by atoms with Gasteiger partial charge in [-0.1, -0.05) is 17.3 Å². The number of H-pyrrole nitrogens is 1. The fraction of sp³-hybridized carbons (Fsp3) is 0.125. The Balaban J connectivity index is 2.28. The van der Waals surface area contributed by atoms with E-state index in [2.05, 4.69) is 20.6 Å². The number of hydrogen-bond acceptors (Lipinski definition) is 5. The zero-order chi connectivity index (χ0) is 9.97. The van der Waals surface area contributed by atoms with Crippen LogP contribution in [0.3, 0.4) is 0 Å². The van der Waals surface area contributed by atoms with Gasteiger partial charge >= 0.3 is 0 Å². The third-order valence-electron chi connectivity index (χ3n) is 1.89. The molecule has 2 rings (SSSR count). The van der Waals surface area contributed by atoms with Crippen molar-refractivity contribution < 1.29 is 5.11 Å². The van der Waals surface area contributed by atoms with Gasteiger partial charge in [0.25, 0.3) is 0 Å². The summed E-state index contributed by atoms with van der Waals surface area (Å²) < 4.78 is 0. The zero-order valence-corrected chi connectivity index (χ0v) is 7.25. The van der Waals surface area contributed by atoms with E-state index in [1.807, 2.05) is 0 Å². The Morgan fingerprint density at radius 1 is 1.29 bits per heavy atom. The average Bonchev–Trinajstić information content (AvgIpc) is 2.71. The van der Waals surface area contributed by atoms with Gasteiger partial charge in [-0.15, -0.1) is 10.2 Å². The monoisotopic (exact) mass is 191 g/mol. The minimum absolute atomic E-state index is 0.203. The van der Waals surface area contributed by atoms with Gasteiger partial charge in [-0.25, -0.2) is 0 Å². The van der Waals surface area contributed by atoms with Crippen LogP contribution in [0.4, 0.5) is 0 Å². The minimum Gasteiger partial charge on any atom is -0.508 e. The first-order valence-corrected chi connectivity index (χ1v) is 4.05. The molecule has 14 heavy (non-hydrogen) atoms. The quantitative estimate of drug-likeness (QED) is 0.618. The fourth-order valence-corrected chi connectivity index (χ4v) is 1.13. The molecule has 4 N–H and O–H groups in total. The number of nitrogens with two attached hydrogens (primary N) is 1. The molecule has 1 atom stereocenters. The van der Waals surface area contributed by atoms with Crippen molar-refractivity contribution in [1.29, 1.82) is 0 Å². The van der Waals surface area contributed by atoms with Crippen LogP contribution in [0.5, 0.6) is 5.75 Å². The topological polar surface area (TPSA) is 101 Å². The lowest BCUT2D eigenvalue weighted by Gasteiger charge is -2.06. The van der Waals surface area contributed by atoms with Gasteiger partial charge < -0.3 is 10.8 Å². The number of phenols is 1. The lowest BCUT2D eigenvalue weighted by Crippen LogP contribution is -2.13. The largest absolute Gasteiger partial charge is 0.508 e. The molecular weight excluding hydrogens is 182 g/mol. The van der Waals surface area contributed by atoms with E-state index in [1.54, 1.807) is 24.3 Å². The fourth-order valence-electron chi connectivity index (χ4n) is 1.13. The molecular formula is C8H9N5O. The number of aromatic hydroxyl groups is 1. The molecule has 1 heterocycles. The Kier molecular flexibility index (Phi) is 2.11. The number of phenolic OH excluding ortho intramolecular Hbond substituents is 1. The Morgan fingerprint density at radius 3 is 2.57 bits per heavy atom. The summed E-state index contributed by atoms with van der Waals surface area (Å²) in [6, 6.07) is 6.14. The Labute approximate surface area is 79.8 Å². The number of tetrazole rings is 1. The number of benzene rings is 1. The maximum atomic E-state index is 9.08. The maximum absolute atomic E-state index is 9.08. The molecule has 0 spiro atoms. The van der Waals surface area contributed by atoms with Crippen LogP contribution in [0.1, 0.15) is 17.4 Å². The molecule has 0 aliphatic rings. The third kappa shape index (κ3) is 1.55. The van der Waals surface area contributed by atoms with Crippen LogP contribution in [0.25, 0.3) is 0 Å². The summed E-state index contributed by atoms with van der Waals surface area (Å²) in [5, 5.41) is 22.4. The van der Waals surface area contributed by atoms with E-state index in [9.17, 15) is 0 Å². The zero-order valence-electron chi connectivity index (χ0n) is 7.25. The molecule has 0 fully saturated rings. The molecule has 72 valence electrons. The summed E-state index contributed by atoms with van der Waals surface area (Å²) in [4.78, 5) is 0. The first-order chi connectivity index (χ1) is 6.77. The molecule has 0 radical (unpaired) electrons. The molecule has 0 bridgehead atoms. The molecule has 1 unspecified atom stereocenters.